The van der Waals surface area contributed by atoms with Gasteiger partial charge in [-0.2, -0.15) is 5.26 Å². The van der Waals surface area contributed by atoms with Gasteiger partial charge in [-0.1, -0.05) is 24.3 Å². The number of rotatable bonds is 1. The molecule has 3 rings (SSSR count). The first-order chi connectivity index (χ1) is 7.86. The molecule has 0 amide bonds. The lowest BCUT2D eigenvalue weighted by Crippen LogP contribution is -1.70. The Labute approximate surface area is 97.6 Å². The van der Waals surface area contributed by atoms with Crippen LogP contribution in [0.4, 0.5) is 0 Å². The Morgan fingerprint density at radius 3 is 2.50 bits per heavy atom. The van der Waals surface area contributed by atoms with Crippen molar-refractivity contribution in [2.24, 2.45) is 0 Å². The Bertz CT molecular complexity index is 651. The van der Waals surface area contributed by atoms with Crippen LogP contribution >= 0.6 is 11.3 Å². The molecule has 0 radical (unpaired) electrons. The van der Waals surface area contributed by atoms with Gasteiger partial charge in [0.1, 0.15) is 0 Å². The Hall–Kier alpha value is -1.85. The standard InChI is InChI=1S/C14H9NS/c15-6-5-13-8-12-7-10-3-1-2-4-11(10)9-14(12)16-13/h1-4,7-9H,5H2. The van der Waals surface area contributed by atoms with E-state index in [1.165, 1.54) is 20.9 Å². The lowest BCUT2D eigenvalue weighted by molar-refractivity contribution is 1.32. The topological polar surface area (TPSA) is 23.8 Å². The van der Waals surface area contributed by atoms with Crippen molar-refractivity contribution in [2.75, 3.05) is 0 Å². The molecule has 0 spiro atoms. The molecule has 16 heavy (non-hydrogen) atoms. The quantitative estimate of drug-likeness (QED) is 0.608. The first-order valence-corrected chi connectivity index (χ1v) is 5.96. The van der Waals surface area contributed by atoms with Gasteiger partial charge in [-0.25, -0.2) is 0 Å². The summed E-state index contributed by atoms with van der Waals surface area (Å²) in [7, 11) is 0. The zero-order chi connectivity index (χ0) is 11.0. The molecule has 0 aliphatic carbocycles. The van der Waals surface area contributed by atoms with E-state index in [-0.39, 0.29) is 0 Å². The van der Waals surface area contributed by atoms with Gasteiger partial charge in [0, 0.05) is 9.58 Å². The number of thiophene rings is 1. The predicted octanol–water partition coefficient (Wildman–Crippen LogP) is 4.12. The maximum Gasteiger partial charge on any atom is 0.0696 e. The molecule has 0 aliphatic rings. The summed E-state index contributed by atoms with van der Waals surface area (Å²) in [6.45, 7) is 0. The van der Waals surface area contributed by atoms with E-state index in [1.807, 2.05) is 0 Å². The van der Waals surface area contributed by atoms with Crippen LogP contribution in [0.5, 0.6) is 0 Å². The van der Waals surface area contributed by atoms with Crippen molar-refractivity contribution in [3.05, 3.63) is 47.3 Å². The molecule has 3 aromatic rings. The van der Waals surface area contributed by atoms with Crippen molar-refractivity contribution >= 4 is 32.2 Å². The molecule has 2 heteroatoms. The van der Waals surface area contributed by atoms with Crippen LogP contribution in [0.1, 0.15) is 4.88 Å². The number of hydrogen-bond acceptors (Lipinski definition) is 2. The highest BCUT2D eigenvalue weighted by molar-refractivity contribution is 7.19. The Morgan fingerprint density at radius 2 is 1.75 bits per heavy atom. The average Bonchev–Trinajstić information content (AvgIpc) is 2.67. The number of nitrogens with zero attached hydrogens (tertiary/aromatic N) is 1. The number of hydrogen-bond donors (Lipinski definition) is 0. The first-order valence-electron chi connectivity index (χ1n) is 5.15. The molecule has 0 unspecified atom stereocenters. The van der Waals surface area contributed by atoms with E-state index in [0.29, 0.717) is 6.42 Å². The van der Waals surface area contributed by atoms with E-state index in [4.69, 9.17) is 5.26 Å². The molecule has 0 saturated heterocycles. The number of fused-ring (bicyclic) bond motifs is 2. The van der Waals surface area contributed by atoms with Crippen LogP contribution in [0, 0.1) is 11.3 Å². The van der Waals surface area contributed by atoms with Crippen LogP contribution in [0.15, 0.2) is 42.5 Å². The van der Waals surface area contributed by atoms with Gasteiger partial charge in [-0.15, -0.1) is 11.3 Å². The summed E-state index contributed by atoms with van der Waals surface area (Å²) < 4.78 is 1.27. The highest BCUT2D eigenvalue weighted by Gasteiger charge is 2.02. The molecule has 0 atom stereocenters. The molecule has 0 fully saturated rings. The minimum absolute atomic E-state index is 0.510. The van der Waals surface area contributed by atoms with Gasteiger partial charge >= 0.3 is 0 Å². The largest absolute Gasteiger partial charge is 0.198 e. The Balaban J connectivity index is 2.30. The smallest absolute Gasteiger partial charge is 0.0696 e. The minimum atomic E-state index is 0.510. The average molecular weight is 223 g/mol. The summed E-state index contributed by atoms with van der Waals surface area (Å²) in [6.07, 6.45) is 0.510. The molecule has 1 nitrogen and oxygen atoms in total. The fourth-order valence-corrected chi connectivity index (χ4v) is 2.97. The van der Waals surface area contributed by atoms with Crippen molar-refractivity contribution in [2.45, 2.75) is 6.42 Å². The molecule has 1 aromatic heterocycles. The summed E-state index contributed by atoms with van der Waals surface area (Å²) in [6, 6.07) is 17.1. The van der Waals surface area contributed by atoms with E-state index in [1.54, 1.807) is 11.3 Å². The van der Waals surface area contributed by atoms with Gasteiger partial charge in [-0.05, 0) is 34.4 Å². The van der Waals surface area contributed by atoms with Gasteiger partial charge in [-0.3, -0.25) is 0 Å². The summed E-state index contributed by atoms with van der Waals surface area (Å²) in [5.74, 6) is 0. The highest BCUT2D eigenvalue weighted by Crippen LogP contribution is 2.30. The normalized spacial score (nSPS) is 10.7. The van der Waals surface area contributed by atoms with Crippen LogP contribution in [-0.4, -0.2) is 0 Å². The molecule has 0 N–H and O–H groups in total. The zero-order valence-electron chi connectivity index (χ0n) is 8.60. The lowest BCUT2D eigenvalue weighted by atomic mass is 10.1. The molecule has 2 aromatic carbocycles. The predicted molar refractivity (Wildman–Crippen MR) is 68.6 cm³/mol. The van der Waals surface area contributed by atoms with Crippen molar-refractivity contribution < 1.29 is 0 Å². The molecule has 1 heterocycles. The number of benzene rings is 2. The maximum absolute atomic E-state index is 8.69. The monoisotopic (exact) mass is 223 g/mol. The zero-order valence-corrected chi connectivity index (χ0v) is 9.42. The fourth-order valence-electron chi connectivity index (χ4n) is 1.95. The Kier molecular flexibility index (Phi) is 2.12. The van der Waals surface area contributed by atoms with Crippen molar-refractivity contribution in [3.8, 4) is 6.07 Å². The summed E-state index contributed by atoms with van der Waals surface area (Å²) in [5.41, 5.74) is 0. The number of nitriles is 1. The van der Waals surface area contributed by atoms with Crippen molar-refractivity contribution in [1.82, 2.24) is 0 Å². The lowest BCUT2D eigenvalue weighted by Gasteiger charge is -1.96. The van der Waals surface area contributed by atoms with Crippen LogP contribution < -0.4 is 0 Å². The van der Waals surface area contributed by atoms with Crippen LogP contribution in [0.2, 0.25) is 0 Å². The summed E-state index contributed by atoms with van der Waals surface area (Å²) in [4.78, 5) is 1.15. The van der Waals surface area contributed by atoms with E-state index < -0.39 is 0 Å². The third-order valence-corrected chi connectivity index (χ3v) is 3.79. The van der Waals surface area contributed by atoms with Gasteiger partial charge in [0.15, 0.2) is 0 Å². The summed E-state index contributed by atoms with van der Waals surface area (Å²) in [5, 5.41) is 12.5. The molecule has 0 aliphatic heterocycles. The van der Waals surface area contributed by atoms with Crippen LogP contribution in [0.3, 0.4) is 0 Å². The third-order valence-electron chi connectivity index (χ3n) is 2.69. The van der Waals surface area contributed by atoms with Crippen molar-refractivity contribution in [1.29, 1.82) is 5.26 Å². The van der Waals surface area contributed by atoms with E-state index in [2.05, 4.69) is 48.5 Å². The van der Waals surface area contributed by atoms with Gasteiger partial charge < -0.3 is 0 Å². The SMILES string of the molecule is N#CCc1cc2cc3ccccc3cc2s1. The molecular formula is C14H9NS. The van der Waals surface area contributed by atoms with E-state index in [0.717, 1.165) is 4.88 Å². The molecule has 0 saturated carbocycles. The Morgan fingerprint density at radius 1 is 1.00 bits per heavy atom. The van der Waals surface area contributed by atoms with Crippen LogP contribution in [0.25, 0.3) is 20.9 Å². The van der Waals surface area contributed by atoms with E-state index >= 15 is 0 Å². The van der Waals surface area contributed by atoms with Gasteiger partial charge in [0.05, 0.1) is 12.5 Å². The molecule has 0 bridgehead atoms. The van der Waals surface area contributed by atoms with Gasteiger partial charge in [0.2, 0.25) is 0 Å². The fraction of sp³-hybridized carbons (Fsp3) is 0.0714. The minimum Gasteiger partial charge on any atom is -0.198 e. The van der Waals surface area contributed by atoms with Crippen molar-refractivity contribution in [3.63, 3.8) is 0 Å². The second kappa shape index (κ2) is 3.62. The highest BCUT2D eigenvalue weighted by atomic mass is 32.1. The summed E-state index contributed by atoms with van der Waals surface area (Å²) >= 11 is 1.71. The maximum atomic E-state index is 8.69. The second-order valence-electron chi connectivity index (χ2n) is 3.78. The van der Waals surface area contributed by atoms with Gasteiger partial charge in [0.25, 0.3) is 0 Å². The molecular weight excluding hydrogens is 214 g/mol. The second-order valence-corrected chi connectivity index (χ2v) is 4.95. The van der Waals surface area contributed by atoms with Crippen LogP contribution in [-0.2, 0) is 6.42 Å². The first kappa shape index (κ1) is 9.38. The van der Waals surface area contributed by atoms with E-state index in [9.17, 15) is 0 Å². The molecule has 76 valence electrons. The third kappa shape index (κ3) is 1.46.